The number of carbonyl (C=O) groups excluding carboxylic acids is 1. The van der Waals surface area contributed by atoms with Crippen LogP contribution in [-0.4, -0.2) is 41.9 Å². The van der Waals surface area contributed by atoms with E-state index in [4.69, 9.17) is 11.6 Å². The highest BCUT2D eigenvalue weighted by Gasteiger charge is 2.28. The zero-order chi connectivity index (χ0) is 21.1. The minimum Gasteiger partial charge on any atom is -0.336 e. The Morgan fingerprint density at radius 1 is 0.800 bits per heavy atom. The molecule has 1 aliphatic heterocycles. The lowest BCUT2D eigenvalue weighted by Crippen LogP contribution is -2.49. The lowest BCUT2D eigenvalue weighted by atomic mass is 9.96. The Bertz CT molecular complexity index is 1020. The van der Waals surface area contributed by atoms with Gasteiger partial charge in [-0.1, -0.05) is 54.1 Å². The summed E-state index contributed by atoms with van der Waals surface area (Å²) in [6.07, 6.45) is 0. The predicted molar refractivity (Wildman–Crippen MR) is 114 cm³/mol. The maximum atomic E-state index is 13.5. The van der Waals surface area contributed by atoms with E-state index in [1.165, 1.54) is 11.6 Å². The number of hydrogen-bond acceptors (Lipinski definition) is 2. The zero-order valence-electron chi connectivity index (χ0n) is 16.3. The minimum atomic E-state index is -1.01. The molecular weight excluding hydrogens is 406 g/mol. The van der Waals surface area contributed by atoms with Gasteiger partial charge in [-0.2, -0.15) is 0 Å². The van der Waals surface area contributed by atoms with Gasteiger partial charge in [0.05, 0.1) is 6.04 Å². The van der Waals surface area contributed by atoms with E-state index in [0.29, 0.717) is 31.2 Å². The summed E-state index contributed by atoms with van der Waals surface area (Å²) in [6, 6.07) is 21.4. The van der Waals surface area contributed by atoms with E-state index in [1.54, 1.807) is 4.90 Å². The molecule has 1 fully saturated rings. The summed E-state index contributed by atoms with van der Waals surface area (Å²) in [5, 5.41) is 0.688. The molecule has 4 rings (SSSR count). The van der Waals surface area contributed by atoms with Crippen molar-refractivity contribution in [3.63, 3.8) is 0 Å². The monoisotopic (exact) mass is 426 g/mol. The number of hydrogen-bond donors (Lipinski definition) is 0. The Labute approximate surface area is 179 Å². The summed E-state index contributed by atoms with van der Waals surface area (Å²) in [6.45, 7) is 2.35. The van der Waals surface area contributed by atoms with Crippen LogP contribution in [0.5, 0.6) is 0 Å². The van der Waals surface area contributed by atoms with Crippen molar-refractivity contribution in [2.24, 2.45) is 0 Å². The summed E-state index contributed by atoms with van der Waals surface area (Å²) in [5.41, 5.74) is 2.46. The van der Waals surface area contributed by atoms with Gasteiger partial charge in [0.25, 0.3) is 5.91 Å². The Kier molecular flexibility index (Phi) is 6.11. The van der Waals surface area contributed by atoms with Gasteiger partial charge in [0.1, 0.15) is 0 Å². The van der Waals surface area contributed by atoms with Gasteiger partial charge in [-0.05, 0) is 41.5 Å². The molecule has 0 N–H and O–H groups in total. The van der Waals surface area contributed by atoms with Gasteiger partial charge in [-0.3, -0.25) is 9.69 Å². The molecule has 0 unspecified atom stereocenters. The second-order valence-electron chi connectivity index (χ2n) is 7.32. The number of benzene rings is 3. The van der Waals surface area contributed by atoms with Gasteiger partial charge in [0.15, 0.2) is 11.6 Å². The average Bonchev–Trinajstić information content (AvgIpc) is 2.78. The Morgan fingerprint density at radius 2 is 1.43 bits per heavy atom. The van der Waals surface area contributed by atoms with Crippen molar-refractivity contribution in [2.45, 2.75) is 6.04 Å². The first-order chi connectivity index (χ1) is 14.5. The quantitative estimate of drug-likeness (QED) is 0.575. The molecule has 0 saturated carbocycles. The third kappa shape index (κ3) is 4.37. The fourth-order valence-electron chi connectivity index (χ4n) is 3.89. The van der Waals surface area contributed by atoms with Crippen molar-refractivity contribution < 1.29 is 13.6 Å². The molecule has 1 aliphatic rings. The first-order valence-corrected chi connectivity index (χ1v) is 10.2. The van der Waals surface area contributed by atoms with Crippen LogP contribution in [0.3, 0.4) is 0 Å². The number of nitrogens with zero attached hydrogens (tertiary/aromatic N) is 2. The van der Waals surface area contributed by atoms with Crippen LogP contribution in [0.1, 0.15) is 27.5 Å². The van der Waals surface area contributed by atoms with Crippen LogP contribution in [-0.2, 0) is 0 Å². The number of carbonyl (C=O) groups is 1. The molecule has 1 heterocycles. The second-order valence-corrected chi connectivity index (χ2v) is 7.76. The number of amides is 1. The molecule has 0 bridgehead atoms. The molecule has 0 aliphatic carbocycles. The summed E-state index contributed by atoms with van der Waals surface area (Å²) >= 11 is 6.07. The van der Waals surface area contributed by atoms with Gasteiger partial charge >= 0.3 is 0 Å². The van der Waals surface area contributed by atoms with Crippen molar-refractivity contribution >= 4 is 17.5 Å². The van der Waals surface area contributed by atoms with Crippen LogP contribution < -0.4 is 0 Å². The summed E-state index contributed by atoms with van der Waals surface area (Å²) in [5.74, 6) is -2.24. The largest absolute Gasteiger partial charge is 0.336 e. The molecular formula is C24H21ClF2N2O. The molecule has 3 aromatic rings. The molecule has 30 heavy (non-hydrogen) atoms. The van der Waals surface area contributed by atoms with E-state index in [1.807, 2.05) is 42.5 Å². The van der Waals surface area contributed by atoms with Crippen LogP contribution in [0.25, 0.3) is 0 Å². The summed E-state index contributed by atoms with van der Waals surface area (Å²) < 4.78 is 26.7. The normalized spacial score (nSPS) is 15.8. The fraction of sp³-hybridized carbons (Fsp3) is 0.208. The Hall–Kier alpha value is -2.76. The molecule has 3 aromatic carbocycles. The van der Waals surface area contributed by atoms with E-state index in [-0.39, 0.29) is 17.5 Å². The Balaban J connectivity index is 1.52. The maximum absolute atomic E-state index is 13.5. The van der Waals surface area contributed by atoms with Crippen molar-refractivity contribution in [1.29, 1.82) is 0 Å². The smallest absolute Gasteiger partial charge is 0.254 e. The molecule has 0 radical (unpaired) electrons. The van der Waals surface area contributed by atoms with Gasteiger partial charge in [-0.25, -0.2) is 8.78 Å². The standard InChI is InChI=1S/C24H21ClF2N2O/c25-20-9-6-18(7-10-20)23(17-4-2-1-3-5-17)28-12-14-29(15-13-28)24(30)19-8-11-21(26)22(27)16-19/h1-11,16,23H,12-15H2/t23-/m0/s1. The first kappa shape index (κ1) is 20.5. The molecule has 0 spiro atoms. The first-order valence-electron chi connectivity index (χ1n) is 9.82. The highest BCUT2D eigenvalue weighted by molar-refractivity contribution is 6.30. The number of piperazine rings is 1. The minimum absolute atomic E-state index is 0.0454. The fourth-order valence-corrected chi connectivity index (χ4v) is 4.02. The van der Waals surface area contributed by atoms with Gasteiger partial charge in [0, 0.05) is 36.8 Å². The predicted octanol–water partition coefficient (Wildman–Crippen LogP) is 5.17. The Morgan fingerprint density at radius 3 is 2.07 bits per heavy atom. The molecule has 0 aromatic heterocycles. The van der Waals surface area contributed by atoms with Crippen molar-refractivity contribution in [3.8, 4) is 0 Å². The van der Waals surface area contributed by atoms with E-state index < -0.39 is 11.6 Å². The maximum Gasteiger partial charge on any atom is 0.254 e. The van der Waals surface area contributed by atoms with E-state index in [9.17, 15) is 13.6 Å². The van der Waals surface area contributed by atoms with Crippen LogP contribution in [0.15, 0.2) is 72.8 Å². The SMILES string of the molecule is O=C(c1ccc(F)c(F)c1)N1CCN([C@@H](c2ccccc2)c2ccc(Cl)cc2)CC1. The number of halogens is 3. The van der Waals surface area contributed by atoms with Gasteiger partial charge in [0.2, 0.25) is 0 Å². The third-order valence-electron chi connectivity index (χ3n) is 5.43. The molecule has 1 amide bonds. The zero-order valence-corrected chi connectivity index (χ0v) is 17.0. The summed E-state index contributed by atoms with van der Waals surface area (Å²) in [7, 11) is 0. The van der Waals surface area contributed by atoms with Crippen LogP contribution in [0, 0.1) is 11.6 Å². The number of rotatable bonds is 4. The van der Waals surface area contributed by atoms with E-state index in [0.717, 1.165) is 17.7 Å². The lowest BCUT2D eigenvalue weighted by Gasteiger charge is -2.39. The van der Waals surface area contributed by atoms with Crippen molar-refractivity contribution in [1.82, 2.24) is 9.80 Å². The second kappa shape index (κ2) is 8.94. The summed E-state index contributed by atoms with van der Waals surface area (Å²) in [4.78, 5) is 16.7. The molecule has 1 atom stereocenters. The molecule has 1 saturated heterocycles. The van der Waals surface area contributed by atoms with Crippen molar-refractivity contribution in [2.75, 3.05) is 26.2 Å². The van der Waals surface area contributed by atoms with Crippen molar-refractivity contribution in [3.05, 3.63) is 106 Å². The highest BCUT2D eigenvalue weighted by Crippen LogP contribution is 2.30. The topological polar surface area (TPSA) is 23.6 Å². The van der Waals surface area contributed by atoms with Gasteiger partial charge in [-0.15, -0.1) is 0 Å². The molecule has 6 heteroatoms. The van der Waals surface area contributed by atoms with Crippen LogP contribution >= 0.6 is 11.6 Å². The highest BCUT2D eigenvalue weighted by atomic mass is 35.5. The molecule has 3 nitrogen and oxygen atoms in total. The van der Waals surface area contributed by atoms with E-state index >= 15 is 0 Å². The van der Waals surface area contributed by atoms with Crippen LogP contribution in [0.4, 0.5) is 8.78 Å². The van der Waals surface area contributed by atoms with E-state index in [2.05, 4.69) is 17.0 Å². The van der Waals surface area contributed by atoms with Crippen LogP contribution in [0.2, 0.25) is 5.02 Å². The van der Waals surface area contributed by atoms with Gasteiger partial charge < -0.3 is 4.90 Å². The lowest BCUT2D eigenvalue weighted by molar-refractivity contribution is 0.0597. The molecule has 154 valence electrons. The average molecular weight is 427 g/mol. The third-order valence-corrected chi connectivity index (χ3v) is 5.69.